The van der Waals surface area contributed by atoms with E-state index in [2.05, 4.69) is 0 Å². The van der Waals surface area contributed by atoms with Crippen LogP contribution in [0, 0.1) is 0 Å². The number of carbonyl (C=O) groups excluding carboxylic acids is 1. The first-order valence-electron chi connectivity index (χ1n) is 7.69. The number of ether oxygens (including phenoxy) is 2. The molecule has 0 bridgehead atoms. The molecule has 1 fully saturated rings. The Morgan fingerprint density at radius 3 is 2.26 bits per heavy atom. The molecule has 1 heterocycles. The lowest BCUT2D eigenvalue weighted by Crippen LogP contribution is -2.41. The summed E-state index contributed by atoms with van der Waals surface area (Å²) in [6, 6.07) is 16.4. The molecule has 1 aliphatic heterocycles. The van der Waals surface area contributed by atoms with E-state index >= 15 is 0 Å². The maximum Gasteiger partial charge on any atom is 0.415 e. The minimum Gasteiger partial charge on any atom is -0.453 e. The summed E-state index contributed by atoms with van der Waals surface area (Å²) in [4.78, 5) is 13.8. The van der Waals surface area contributed by atoms with Gasteiger partial charge in [0.15, 0.2) is 11.5 Å². The van der Waals surface area contributed by atoms with Crippen molar-refractivity contribution < 1.29 is 19.4 Å². The van der Waals surface area contributed by atoms with Crippen molar-refractivity contribution in [2.75, 3.05) is 13.1 Å². The topological polar surface area (TPSA) is 59.0 Å². The molecule has 1 aliphatic rings. The summed E-state index contributed by atoms with van der Waals surface area (Å²) in [6.07, 6.45) is 0.419. The summed E-state index contributed by atoms with van der Waals surface area (Å²) < 4.78 is 11.3. The summed E-state index contributed by atoms with van der Waals surface area (Å²) in [5.74, 6) is 1.55. The van der Waals surface area contributed by atoms with Crippen LogP contribution in [0.25, 0.3) is 0 Å². The van der Waals surface area contributed by atoms with E-state index in [1.807, 2.05) is 36.4 Å². The van der Waals surface area contributed by atoms with Crippen molar-refractivity contribution in [1.29, 1.82) is 0 Å². The molecular formula is C18H19NO4. The summed E-state index contributed by atoms with van der Waals surface area (Å²) >= 11 is 0. The molecular weight excluding hydrogens is 294 g/mol. The third-order valence-corrected chi connectivity index (χ3v) is 3.74. The van der Waals surface area contributed by atoms with Crippen LogP contribution in [0.4, 0.5) is 4.79 Å². The molecule has 0 unspecified atom stereocenters. The molecule has 23 heavy (non-hydrogen) atoms. The number of para-hydroxylation sites is 3. The highest BCUT2D eigenvalue weighted by atomic mass is 16.6. The second kappa shape index (κ2) is 7.15. The Balaban J connectivity index is 1.69. The van der Waals surface area contributed by atoms with Gasteiger partial charge in [-0.15, -0.1) is 0 Å². The van der Waals surface area contributed by atoms with E-state index in [4.69, 9.17) is 9.47 Å². The van der Waals surface area contributed by atoms with Crippen LogP contribution in [-0.2, 0) is 0 Å². The monoisotopic (exact) mass is 313 g/mol. The van der Waals surface area contributed by atoms with Gasteiger partial charge in [0.1, 0.15) is 5.75 Å². The van der Waals surface area contributed by atoms with Crippen molar-refractivity contribution in [2.24, 2.45) is 0 Å². The van der Waals surface area contributed by atoms with Gasteiger partial charge in [-0.3, -0.25) is 0 Å². The number of aliphatic hydroxyl groups excluding tert-OH is 1. The van der Waals surface area contributed by atoms with Crippen molar-refractivity contribution in [3.8, 4) is 17.2 Å². The lowest BCUT2D eigenvalue weighted by atomic mass is 10.1. The first-order chi connectivity index (χ1) is 11.2. The quantitative estimate of drug-likeness (QED) is 0.943. The maximum atomic E-state index is 12.2. The van der Waals surface area contributed by atoms with Gasteiger partial charge in [0.2, 0.25) is 0 Å². The van der Waals surface area contributed by atoms with Crippen LogP contribution in [0.1, 0.15) is 12.8 Å². The van der Waals surface area contributed by atoms with Crippen LogP contribution < -0.4 is 9.47 Å². The van der Waals surface area contributed by atoms with Crippen LogP contribution in [0.15, 0.2) is 54.6 Å². The minimum absolute atomic E-state index is 0.326. The molecule has 1 amide bonds. The molecule has 2 aromatic rings. The fraction of sp³-hybridized carbons (Fsp3) is 0.278. The standard InChI is InChI=1S/C18H19NO4/c20-14-10-12-19(13-11-14)18(21)23-17-9-5-4-8-16(17)22-15-6-2-1-3-7-15/h1-9,14,20H,10-13H2. The van der Waals surface area contributed by atoms with Crippen LogP contribution in [0.3, 0.4) is 0 Å². The number of hydrogen-bond donors (Lipinski definition) is 1. The number of rotatable bonds is 3. The van der Waals surface area contributed by atoms with E-state index in [1.54, 1.807) is 23.1 Å². The maximum absolute atomic E-state index is 12.2. The predicted molar refractivity (Wildman–Crippen MR) is 85.8 cm³/mol. The number of benzene rings is 2. The number of carbonyl (C=O) groups is 1. The third kappa shape index (κ3) is 4.02. The van der Waals surface area contributed by atoms with Crippen LogP contribution >= 0.6 is 0 Å². The first-order valence-corrected chi connectivity index (χ1v) is 7.69. The SMILES string of the molecule is O=C(Oc1ccccc1Oc1ccccc1)N1CCC(O)CC1. The third-order valence-electron chi connectivity index (χ3n) is 3.74. The van der Waals surface area contributed by atoms with Gasteiger partial charge >= 0.3 is 6.09 Å². The molecule has 0 radical (unpaired) electrons. The highest BCUT2D eigenvalue weighted by Gasteiger charge is 2.23. The van der Waals surface area contributed by atoms with Gasteiger partial charge in [-0.1, -0.05) is 30.3 Å². The summed E-state index contributed by atoms with van der Waals surface area (Å²) in [5, 5.41) is 9.51. The Hall–Kier alpha value is -2.53. The molecule has 1 N–H and O–H groups in total. The average molecular weight is 313 g/mol. The largest absolute Gasteiger partial charge is 0.453 e. The fourth-order valence-electron chi connectivity index (χ4n) is 2.44. The van der Waals surface area contributed by atoms with Crippen molar-refractivity contribution in [3.63, 3.8) is 0 Å². The number of aliphatic hydroxyl groups is 1. The molecule has 0 spiro atoms. The second-order valence-corrected chi connectivity index (χ2v) is 5.45. The van der Waals surface area contributed by atoms with Crippen molar-refractivity contribution in [1.82, 2.24) is 4.90 Å². The number of hydrogen-bond acceptors (Lipinski definition) is 4. The Morgan fingerprint density at radius 1 is 0.957 bits per heavy atom. The lowest BCUT2D eigenvalue weighted by molar-refractivity contribution is 0.0794. The van der Waals surface area contributed by atoms with E-state index < -0.39 is 6.09 Å². The van der Waals surface area contributed by atoms with Gasteiger partial charge in [-0.05, 0) is 37.1 Å². The van der Waals surface area contributed by atoms with E-state index in [0.29, 0.717) is 43.2 Å². The Labute approximate surface area is 135 Å². The number of piperidine rings is 1. The van der Waals surface area contributed by atoms with Crippen LogP contribution in [-0.4, -0.2) is 35.3 Å². The molecule has 120 valence electrons. The predicted octanol–water partition coefficient (Wildman–Crippen LogP) is 3.43. The van der Waals surface area contributed by atoms with Crippen molar-refractivity contribution >= 4 is 6.09 Å². The number of likely N-dealkylation sites (tertiary alicyclic amines) is 1. The molecule has 0 saturated carbocycles. The van der Waals surface area contributed by atoms with Gasteiger partial charge < -0.3 is 19.5 Å². The zero-order chi connectivity index (χ0) is 16.1. The molecule has 5 nitrogen and oxygen atoms in total. The zero-order valence-corrected chi connectivity index (χ0v) is 12.7. The Kier molecular flexibility index (Phi) is 4.78. The van der Waals surface area contributed by atoms with Gasteiger partial charge in [0.25, 0.3) is 0 Å². The molecule has 0 aromatic heterocycles. The lowest BCUT2D eigenvalue weighted by Gasteiger charge is -2.28. The molecule has 3 rings (SSSR count). The summed E-state index contributed by atoms with van der Waals surface area (Å²) in [7, 11) is 0. The molecule has 2 aromatic carbocycles. The summed E-state index contributed by atoms with van der Waals surface area (Å²) in [6.45, 7) is 1.00. The summed E-state index contributed by atoms with van der Waals surface area (Å²) in [5.41, 5.74) is 0. The highest BCUT2D eigenvalue weighted by Crippen LogP contribution is 2.31. The van der Waals surface area contributed by atoms with Gasteiger partial charge in [-0.25, -0.2) is 4.79 Å². The second-order valence-electron chi connectivity index (χ2n) is 5.45. The van der Waals surface area contributed by atoms with Gasteiger partial charge in [-0.2, -0.15) is 0 Å². The number of nitrogens with zero attached hydrogens (tertiary/aromatic N) is 1. The Morgan fingerprint density at radius 2 is 1.57 bits per heavy atom. The van der Waals surface area contributed by atoms with Crippen molar-refractivity contribution in [3.05, 3.63) is 54.6 Å². The highest BCUT2D eigenvalue weighted by molar-refractivity contribution is 5.71. The van der Waals surface area contributed by atoms with E-state index in [1.165, 1.54) is 0 Å². The minimum atomic E-state index is -0.416. The first kappa shape index (κ1) is 15.4. The fourth-order valence-corrected chi connectivity index (χ4v) is 2.44. The molecule has 0 aliphatic carbocycles. The molecule has 5 heteroatoms. The normalized spacial score (nSPS) is 15.3. The van der Waals surface area contributed by atoms with Gasteiger partial charge in [0, 0.05) is 13.1 Å². The van der Waals surface area contributed by atoms with Crippen LogP contribution in [0.2, 0.25) is 0 Å². The Bertz CT molecular complexity index is 651. The van der Waals surface area contributed by atoms with Crippen LogP contribution in [0.5, 0.6) is 17.2 Å². The van der Waals surface area contributed by atoms with E-state index in [0.717, 1.165) is 0 Å². The average Bonchev–Trinajstić information content (AvgIpc) is 2.58. The zero-order valence-electron chi connectivity index (χ0n) is 12.7. The van der Waals surface area contributed by atoms with Crippen molar-refractivity contribution in [2.45, 2.75) is 18.9 Å². The van der Waals surface area contributed by atoms with E-state index in [-0.39, 0.29) is 6.10 Å². The van der Waals surface area contributed by atoms with Gasteiger partial charge in [0.05, 0.1) is 6.10 Å². The smallest absolute Gasteiger partial charge is 0.415 e. The number of amides is 1. The molecule has 0 atom stereocenters. The van der Waals surface area contributed by atoms with E-state index in [9.17, 15) is 9.90 Å². The molecule has 1 saturated heterocycles.